The van der Waals surface area contributed by atoms with E-state index in [9.17, 15) is 4.79 Å². The Morgan fingerprint density at radius 3 is 2.67 bits per heavy atom. The molecule has 2 fully saturated rings. The van der Waals surface area contributed by atoms with Gasteiger partial charge in [0, 0.05) is 49.4 Å². The average Bonchev–Trinajstić information content (AvgIpc) is 3.39. The summed E-state index contributed by atoms with van der Waals surface area (Å²) >= 11 is 6.11. The van der Waals surface area contributed by atoms with Crippen LogP contribution in [0.4, 0.5) is 0 Å². The lowest BCUT2D eigenvalue weighted by atomic mass is 10.1. The Labute approximate surface area is 148 Å². The number of ether oxygens (including phenoxy) is 1. The summed E-state index contributed by atoms with van der Waals surface area (Å²) in [5.41, 5.74) is 1.11. The Morgan fingerprint density at radius 1 is 1.33 bits per heavy atom. The molecule has 6 heteroatoms. The predicted molar refractivity (Wildman–Crippen MR) is 95.5 cm³/mol. The van der Waals surface area contributed by atoms with Gasteiger partial charge in [-0.1, -0.05) is 11.6 Å². The van der Waals surface area contributed by atoms with Gasteiger partial charge in [-0.25, -0.2) is 0 Å². The maximum Gasteiger partial charge on any atom is 0.237 e. The van der Waals surface area contributed by atoms with Gasteiger partial charge < -0.3 is 10.1 Å². The molecule has 24 heavy (non-hydrogen) atoms. The number of piperazine rings is 1. The highest BCUT2D eigenvalue weighted by atomic mass is 35.5. The van der Waals surface area contributed by atoms with Crippen LogP contribution < -0.4 is 10.1 Å². The summed E-state index contributed by atoms with van der Waals surface area (Å²) < 4.78 is 5.43. The Balaban J connectivity index is 1.51. The Kier molecular flexibility index (Phi) is 5.64. The van der Waals surface area contributed by atoms with Gasteiger partial charge in [0.15, 0.2) is 0 Å². The maximum absolute atomic E-state index is 12.2. The van der Waals surface area contributed by atoms with Gasteiger partial charge in [0.05, 0.1) is 13.2 Å². The topological polar surface area (TPSA) is 44.8 Å². The molecule has 0 spiro atoms. The standard InChI is InChI=1S/C18H26ClN3O2/c1-13(18(23)20-16-4-5-16)22-9-7-21(8-10-22)12-14-11-15(19)3-6-17(14)24-2/h3,6,11,13,16H,4-5,7-10,12H2,1-2H3,(H,20,23). The van der Waals surface area contributed by atoms with E-state index >= 15 is 0 Å². The fourth-order valence-corrected chi connectivity index (χ4v) is 3.33. The number of nitrogens with zero attached hydrogens (tertiary/aromatic N) is 2. The number of halogens is 1. The van der Waals surface area contributed by atoms with Gasteiger partial charge in [0.25, 0.3) is 0 Å². The van der Waals surface area contributed by atoms with Crippen molar-refractivity contribution in [1.29, 1.82) is 0 Å². The van der Waals surface area contributed by atoms with Crippen LogP contribution in [0.25, 0.3) is 0 Å². The molecule has 0 radical (unpaired) electrons. The van der Waals surface area contributed by atoms with E-state index in [1.165, 1.54) is 0 Å². The van der Waals surface area contributed by atoms with Crippen LogP contribution in [0.15, 0.2) is 18.2 Å². The predicted octanol–water partition coefficient (Wildman–Crippen LogP) is 2.13. The van der Waals surface area contributed by atoms with Crippen molar-refractivity contribution >= 4 is 17.5 Å². The second-order valence-corrected chi connectivity index (χ2v) is 7.16. The minimum absolute atomic E-state index is 0.0477. The van der Waals surface area contributed by atoms with Gasteiger partial charge in [0.1, 0.15) is 5.75 Å². The average molecular weight is 352 g/mol. The van der Waals surface area contributed by atoms with Crippen molar-refractivity contribution in [3.63, 3.8) is 0 Å². The zero-order valence-corrected chi connectivity index (χ0v) is 15.2. The third-order valence-corrected chi connectivity index (χ3v) is 5.13. The van der Waals surface area contributed by atoms with Gasteiger partial charge in [-0.2, -0.15) is 0 Å². The smallest absolute Gasteiger partial charge is 0.237 e. The normalized spacial score (nSPS) is 20.6. The third kappa shape index (κ3) is 4.41. The van der Waals surface area contributed by atoms with E-state index in [1.807, 2.05) is 25.1 Å². The highest BCUT2D eigenvalue weighted by Crippen LogP contribution is 2.24. The summed E-state index contributed by atoms with van der Waals surface area (Å²) in [7, 11) is 1.69. The molecule has 1 aliphatic heterocycles. The van der Waals surface area contributed by atoms with Crippen molar-refractivity contribution in [3.05, 3.63) is 28.8 Å². The van der Waals surface area contributed by atoms with Gasteiger partial charge in [-0.3, -0.25) is 14.6 Å². The van der Waals surface area contributed by atoms with Crippen molar-refractivity contribution < 1.29 is 9.53 Å². The van der Waals surface area contributed by atoms with Gasteiger partial charge in [-0.15, -0.1) is 0 Å². The molecule has 1 atom stereocenters. The fraction of sp³-hybridized carbons (Fsp3) is 0.611. The molecule has 5 nitrogen and oxygen atoms in total. The molecule has 1 N–H and O–H groups in total. The number of rotatable bonds is 6. The number of hydrogen-bond acceptors (Lipinski definition) is 4. The van der Waals surface area contributed by atoms with Crippen LogP contribution >= 0.6 is 11.6 Å². The molecule has 0 bridgehead atoms. The van der Waals surface area contributed by atoms with E-state index < -0.39 is 0 Å². The molecule has 1 amide bonds. The largest absolute Gasteiger partial charge is 0.496 e. The van der Waals surface area contributed by atoms with Crippen molar-refractivity contribution in [2.45, 2.75) is 38.4 Å². The lowest BCUT2D eigenvalue weighted by molar-refractivity contribution is -0.126. The monoisotopic (exact) mass is 351 g/mol. The summed E-state index contributed by atoms with van der Waals surface area (Å²) in [5, 5.41) is 3.83. The number of methoxy groups -OCH3 is 1. The summed E-state index contributed by atoms with van der Waals surface area (Å²) in [6, 6.07) is 6.11. The van der Waals surface area contributed by atoms with Crippen LogP contribution in [0.5, 0.6) is 5.75 Å². The molecule has 1 unspecified atom stereocenters. The minimum atomic E-state index is -0.0477. The summed E-state index contributed by atoms with van der Waals surface area (Å²) in [5.74, 6) is 1.04. The lowest BCUT2D eigenvalue weighted by Gasteiger charge is -2.37. The van der Waals surface area contributed by atoms with E-state index in [0.717, 1.165) is 61.9 Å². The van der Waals surface area contributed by atoms with Crippen LogP contribution in [-0.4, -0.2) is 61.1 Å². The van der Waals surface area contributed by atoms with Crippen LogP contribution in [0.2, 0.25) is 5.02 Å². The second-order valence-electron chi connectivity index (χ2n) is 6.73. The maximum atomic E-state index is 12.2. The molecular weight excluding hydrogens is 326 g/mol. The van der Waals surface area contributed by atoms with Gasteiger partial charge >= 0.3 is 0 Å². The van der Waals surface area contributed by atoms with Crippen molar-refractivity contribution in [2.75, 3.05) is 33.3 Å². The Bertz CT molecular complexity index is 584. The Morgan fingerprint density at radius 2 is 2.04 bits per heavy atom. The molecule has 1 heterocycles. The first-order valence-corrected chi connectivity index (χ1v) is 9.04. The van der Waals surface area contributed by atoms with Crippen LogP contribution in [0.3, 0.4) is 0 Å². The van der Waals surface area contributed by atoms with Crippen molar-refractivity contribution in [3.8, 4) is 5.75 Å². The number of hydrogen-bond donors (Lipinski definition) is 1. The van der Waals surface area contributed by atoms with Crippen LogP contribution in [-0.2, 0) is 11.3 Å². The van der Waals surface area contributed by atoms with Crippen molar-refractivity contribution in [1.82, 2.24) is 15.1 Å². The third-order valence-electron chi connectivity index (χ3n) is 4.89. The van der Waals surface area contributed by atoms with E-state index in [-0.39, 0.29) is 11.9 Å². The zero-order chi connectivity index (χ0) is 17.1. The number of nitrogens with one attached hydrogen (secondary N) is 1. The first kappa shape index (κ1) is 17.5. The first-order chi connectivity index (χ1) is 11.6. The quantitative estimate of drug-likeness (QED) is 0.852. The van der Waals surface area contributed by atoms with E-state index in [1.54, 1.807) is 7.11 Å². The molecule has 1 saturated carbocycles. The summed E-state index contributed by atoms with van der Waals surface area (Å²) in [6.07, 6.45) is 2.27. The lowest BCUT2D eigenvalue weighted by Crippen LogP contribution is -2.53. The first-order valence-electron chi connectivity index (χ1n) is 8.66. The number of benzene rings is 1. The fourth-order valence-electron chi connectivity index (χ4n) is 3.14. The second kappa shape index (κ2) is 7.72. The highest BCUT2D eigenvalue weighted by molar-refractivity contribution is 6.30. The van der Waals surface area contributed by atoms with Crippen molar-refractivity contribution in [2.24, 2.45) is 0 Å². The molecule has 2 aliphatic rings. The highest BCUT2D eigenvalue weighted by Gasteiger charge is 2.30. The molecule has 1 aromatic rings. The molecule has 1 saturated heterocycles. The van der Waals surface area contributed by atoms with E-state index in [0.29, 0.717) is 6.04 Å². The minimum Gasteiger partial charge on any atom is -0.496 e. The number of carbonyl (C=O) groups is 1. The number of amides is 1. The summed E-state index contributed by atoms with van der Waals surface area (Å²) in [6.45, 7) is 6.52. The molecule has 1 aliphatic carbocycles. The van der Waals surface area contributed by atoms with Crippen LogP contribution in [0.1, 0.15) is 25.3 Å². The molecule has 0 aromatic heterocycles. The number of carbonyl (C=O) groups excluding carboxylic acids is 1. The SMILES string of the molecule is COc1ccc(Cl)cc1CN1CCN(C(C)C(=O)NC2CC2)CC1. The Hall–Kier alpha value is -1.30. The zero-order valence-electron chi connectivity index (χ0n) is 14.4. The van der Waals surface area contributed by atoms with E-state index in [2.05, 4.69) is 15.1 Å². The van der Waals surface area contributed by atoms with E-state index in [4.69, 9.17) is 16.3 Å². The molecular formula is C18H26ClN3O2. The van der Waals surface area contributed by atoms with Gasteiger partial charge in [-0.05, 0) is 38.0 Å². The van der Waals surface area contributed by atoms with Gasteiger partial charge in [0.2, 0.25) is 5.91 Å². The van der Waals surface area contributed by atoms with Crippen LogP contribution in [0, 0.1) is 0 Å². The summed E-state index contributed by atoms with van der Waals surface area (Å²) in [4.78, 5) is 16.8. The molecule has 132 valence electrons. The molecule has 3 rings (SSSR count). The molecule has 1 aromatic carbocycles.